The Morgan fingerprint density at radius 2 is 1.60 bits per heavy atom. The van der Waals surface area contributed by atoms with Crippen LogP contribution < -0.4 is 0 Å². The van der Waals surface area contributed by atoms with Crippen molar-refractivity contribution >= 4 is 0 Å². The zero-order valence-corrected chi connectivity index (χ0v) is 20.7. The summed E-state index contributed by atoms with van der Waals surface area (Å²) < 4.78 is 0. The van der Waals surface area contributed by atoms with Gasteiger partial charge in [-0.05, 0) is 103 Å². The molecule has 0 spiro atoms. The van der Waals surface area contributed by atoms with E-state index in [9.17, 15) is 10.2 Å². The third kappa shape index (κ3) is 3.70. The predicted molar refractivity (Wildman–Crippen MR) is 125 cm³/mol. The average Bonchev–Trinajstić information content (AvgIpc) is 2.93. The van der Waals surface area contributed by atoms with E-state index in [2.05, 4.69) is 41.5 Å². The molecule has 0 bridgehead atoms. The summed E-state index contributed by atoms with van der Waals surface area (Å²) in [6.07, 6.45) is 12.3. The second-order valence-corrected chi connectivity index (χ2v) is 13.3. The first-order valence-electron chi connectivity index (χ1n) is 13.4. The molecule has 30 heavy (non-hydrogen) atoms. The molecule has 0 aromatic carbocycles. The van der Waals surface area contributed by atoms with Gasteiger partial charge in [-0.15, -0.1) is 0 Å². The largest absolute Gasteiger partial charge is 0.393 e. The maximum absolute atomic E-state index is 11.3. The Morgan fingerprint density at radius 1 is 0.867 bits per heavy atom. The lowest BCUT2D eigenvalue weighted by Crippen LogP contribution is -2.55. The molecule has 2 nitrogen and oxygen atoms in total. The summed E-state index contributed by atoms with van der Waals surface area (Å²) in [5.41, 5.74) is 0.746. The van der Waals surface area contributed by atoms with Gasteiger partial charge in [-0.3, -0.25) is 0 Å². The minimum Gasteiger partial charge on any atom is -0.393 e. The van der Waals surface area contributed by atoms with Crippen molar-refractivity contribution in [3.05, 3.63) is 0 Å². The summed E-state index contributed by atoms with van der Waals surface area (Å²) in [5, 5.41) is 21.8. The molecule has 2 heteroatoms. The molecule has 0 heterocycles. The minimum absolute atomic E-state index is 0.0853. The average molecular weight is 419 g/mol. The van der Waals surface area contributed by atoms with Crippen LogP contribution in [0.1, 0.15) is 106 Å². The summed E-state index contributed by atoms with van der Waals surface area (Å²) in [6, 6.07) is 0. The van der Waals surface area contributed by atoms with Crippen molar-refractivity contribution in [2.75, 3.05) is 0 Å². The van der Waals surface area contributed by atoms with Gasteiger partial charge in [0, 0.05) is 0 Å². The highest BCUT2D eigenvalue weighted by Crippen LogP contribution is 2.68. The summed E-state index contributed by atoms with van der Waals surface area (Å²) in [6.45, 7) is 14.5. The molecule has 4 rings (SSSR count). The molecule has 4 aliphatic rings. The Hall–Kier alpha value is -0.0800. The fourth-order valence-electron chi connectivity index (χ4n) is 9.70. The number of hydrogen-bond donors (Lipinski definition) is 2. The van der Waals surface area contributed by atoms with Gasteiger partial charge in [0.1, 0.15) is 0 Å². The van der Waals surface area contributed by atoms with E-state index < -0.39 is 0 Å². The smallest absolute Gasteiger partial charge is 0.0579 e. The first kappa shape index (κ1) is 23.1. The third-order valence-corrected chi connectivity index (χ3v) is 11.2. The lowest BCUT2D eigenvalue weighted by molar-refractivity contribution is -0.142. The Bertz CT molecular complexity index is 601. The predicted octanol–water partition coefficient (Wildman–Crippen LogP) is 6.69. The summed E-state index contributed by atoms with van der Waals surface area (Å²) in [7, 11) is 0. The van der Waals surface area contributed by atoms with E-state index in [1.807, 2.05) is 0 Å². The van der Waals surface area contributed by atoms with E-state index in [1.165, 1.54) is 51.4 Å². The first-order valence-corrected chi connectivity index (χ1v) is 13.4. The Labute approximate surface area is 186 Å². The van der Waals surface area contributed by atoms with E-state index >= 15 is 0 Å². The zero-order valence-electron chi connectivity index (χ0n) is 20.7. The van der Waals surface area contributed by atoms with E-state index in [4.69, 9.17) is 0 Å². The van der Waals surface area contributed by atoms with E-state index in [0.29, 0.717) is 40.4 Å². The zero-order chi connectivity index (χ0) is 21.8. The van der Waals surface area contributed by atoms with Crippen molar-refractivity contribution in [1.29, 1.82) is 0 Å². The fourth-order valence-corrected chi connectivity index (χ4v) is 9.70. The molecule has 11 unspecified atom stereocenters. The normalized spacial score (nSPS) is 51.9. The Balaban J connectivity index is 1.51. The molecule has 4 saturated carbocycles. The summed E-state index contributed by atoms with van der Waals surface area (Å²) >= 11 is 0. The van der Waals surface area contributed by atoms with Gasteiger partial charge in [-0.1, -0.05) is 60.8 Å². The van der Waals surface area contributed by atoms with Crippen molar-refractivity contribution in [3.8, 4) is 0 Å². The topological polar surface area (TPSA) is 40.5 Å². The van der Waals surface area contributed by atoms with Gasteiger partial charge in [-0.2, -0.15) is 0 Å². The van der Waals surface area contributed by atoms with Crippen LogP contribution in [-0.4, -0.2) is 22.4 Å². The molecule has 2 N–H and O–H groups in total. The highest BCUT2D eigenvalue weighted by molar-refractivity contribution is 5.12. The van der Waals surface area contributed by atoms with Crippen molar-refractivity contribution in [1.82, 2.24) is 0 Å². The summed E-state index contributed by atoms with van der Waals surface area (Å²) in [5.74, 6) is 5.41. The van der Waals surface area contributed by atoms with Gasteiger partial charge in [0.05, 0.1) is 12.2 Å². The molecule has 0 saturated heterocycles. The van der Waals surface area contributed by atoms with Gasteiger partial charge in [0.15, 0.2) is 0 Å². The molecule has 4 fully saturated rings. The van der Waals surface area contributed by atoms with Crippen molar-refractivity contribution in [3.63, 3.8) is 0 Å². The molecule has 174 valence electrons. The quantitative estimate of drug-likeness (QED) is 0.522. The number of hydrogen-bond acceptors (Lipinski definition) is 2. The first-order chi connectivity index (χ1) is 14.1. The number of rotatable bonds is 5. The summed E-state index contributed by atoms with van der Waals surface area (Å²) in [4.78, 5) is 0. The SMILES string of the molecule is CC(C)CCCC(C)C1C(O)CC2C3CCC4CC(O)C(C)CC4(C)C3CCC21C. The van der Waals surface area contributed by atoms with Crippen LogP contribution >= 0.6 is 0 Å². The van der Waals surface area contributed by atoms with E-state index in [1.54, 1.807) is 0 Å². The lowest BCUT2D eigenvalue weighted by atomic mass is 9.43. The number of aliphatic hydroxyl groups excluding tert-OH is 2. The lowest BCUT2D eigenvalue weighted by Gasteiger charge is -2.62. The molecular weight excluding hydrogens is 368 g/mol. The molecule has 0 aliphatic heterocycles. The second kappa shape index (κ2) is 8.36. The molecule has 4 aliphatic carbocycles. The van der Waals surface area contributed by atoms with Crippen LogP contribution in [-0.2, 0) is 0 Å². The van der Waals surface area contributed by atoms with Crippen LogP contribution in [0.25, 0.3) is 0 Å². The monoisotopic (exact) mass is 418 g/mol. The molecular formula is C28H50O2. The van der Waals surface area contributed by atoms with Gasteiger partial charge in [-0.25, -0.2) is 0 Å². The van der Waals surface area contributed by atoms with E-state index in [0.717, 1.165) is 30.6 Å². The van der Waals surface area contributed by atoms with Gasteiger partial charge in [0.25, 0.3) is 0 Å². The number of fused-ring (bicyclic) bond motifs is 5. The third-order valence-electron chi connectivity index (χ3n) is 11.2. The standard InChI is InChI=1S/C28H50O2/c1-17(2)8-7-9-18(3)26-25(30)15-23-21-11-10-20-14-24(29)19(4)16-28(20,6)22(21)12-13-27(23,26)5/h17-26,29-30H,7-16H2,1-6H3. The van der Waals surface area contributed by atoms with Crippen LogP contribution in [0.4, 0.5) is 0 Å². The maximum Gasteiger partial charge on any atom is 0.0579 e. The molecule has 0 radical (unpaired) electrons. The van der Waals surface area contributed by atoms with Crippen molar-refractivity contribution in [2.45, 2.75) is 118 Å². The van der Waals surface area contributed by atoms with Crippen LogP contribution in [0.5, 0.6) is 0 Å². The fraction of sp³-hybridized carbons (Fsp3) is 1.00. The van der Waals surface area contributed by atoms with Crippen LogP contribution in [0.3, 0.4) is 0 Å². The number of aliphatic hydroxyl groups is 2. The minimum atomic E-state index is -0.0922. The molecule has 0 aromatic rings. The van der Waals surface area contributed by atoms with Gasteiger partial charge in [0.2, 0.25) is 0 Å². The van der Waals surface area contributed by atoms with Crippen LogP contribution in [0.2, 0.25) is 0 Å². The second-order valence-electron chi connectivity index (χ2n) is 13.3. The highest BCUT2D eigenvalue weighted by atomic mass is 16.3. The highest BCUT2D eigenvalue weighted by Gasteiger charge is 2.63. The van der Waals surface area contributed by atoms with E-state index in [-0.39, 0.29) is 12.2 Å². The Kier molecular flexibility index (Phi) is 6.44. The molecule has 11 atom stereocenters. The van der Waals surface area contributed by atoms with Crippen LogP contribution in [0.15, 0.2) is 0 Å². The Morgan fingerprint density at radius 3 is 2.30 bits per heavy atom. The molecule has 0 aromatic heterocycles. The van der Waals surface area contributed by atoms with Crippen molar-refractivity contribution in [2.24, 2.45) is 58.2 Å². The molecule has 0 amide bonds. The van der Waals surface area contributed by atoms with Crippen LogP contribution in [0, 0.1) is 58.2 Å². The maximum atomic E-state index is 11.3. The van der Waals surface area contributed by atoms with Crippen molar-refractivity contribution < 1.29 is 10.2 Å². The van der Waals surface area contributed by atoms with Gasteiger partial charge >= 0.3 is 0 Å². The van der Waals surface area contributed by atoms with Gasteiger partial charge < -0.3 is 10.2 Å².